The number of thioether (sulfide) groups is 1. The third kappa shape index (κ3) is 6.30. The van der Waals surface area contributed by atoms with Crippen LogP contribution in [0.1, 0.15) is 11.1 Å². The van der Waals surface area contributed by atoms with E-state index in [2.05, 4.69) is 27.3 Å². The molecule has 8 heteroatoms. The molecule has 0 spiro atoms. The molecule has 2 aromatic carbocycles. The van der Waals surface area contributed by atoms with Crippen LogP contribution in [-0.2, 0) is 22.6 Å². The van der Waals surface area contributed by atoms with Gasteiger partial charge >= 0.3 is 0 Å². The molecule has 34 heavy (non-hydrogen) atoms. The Labute approximate surface area is 203 Å². The molecule has 1 amide bonds. The predicted octanol–water partition coefficient (Wildman–Crippen LogP) is 4.16. The molecule has 4 rings (SSSR count). The average molecular weight is 474 g/mol. The highest BCUT2D eigenvalue weighted by Gasteiger charge is 2.19. The number of benzene rings is 2. The number of hydrogen-bond donors (Lipinski definition) is 0. The molecule has 0 aliphatic carbocycles. The van der Waals surface area contributed by atoms with Gasteiger partial charge in [0.05, 0.1) is 18.9 Å². The van der Waals surface area contributed by atoms with Crippen LogP contribution in [0, 0.1) is 0 Å². The fraction of sp³-hybridized carbons (Fsp3) is 0.231. The van der Waals surface area contributed by atoms with E-state index < -0.39 is 0 Å². The predicted molar refractivity (Wildman–Crippen MR) is 133 cm³/mol. The van der Waals surface area contributed by atoms with Crippen LogP contribution in [0.5, 0.6) is 0 Å². The molecule has 0 atom stereocenters. The van der Waals surface area contributed by atoms with Gasteiger partial charge in [0.1, 0.15) is 0 Å². The molecule has 4 aromatic rings. The van der Waals surface area contributed by atoms with Crippen molar-refractivity contribution in [2.75, 3.05) is 26.0 Å². The Bertz CT molecular complexity index is 1170. The molecular formula is C26H27N5O2S. The second-order valence-electron chi connectivity index (χ2n) is 7.70. The molecule has 0 aliphatic rings. The molecule has 0 radical (unpaired) electrons. The van der Waals surface area contributed by atoms with Gasteiger partial charge in [-0.25, -0.2) is 0 Å². The van der Waals surface area contributed by atoms with Crippen molar-refractivity contribution in [1.29, 1.82) is 0 Å². The molecule has 0 bridgehead atoms. The van der Waals surface area contributed by atoms with Crippen molar-refractivity contribution in [3.8, 4) is 11.4 Å². The van der Waals surface area contributed by atoms with E-state index in [0.29, 0.717) is 31.4 Å². The molecule has 0 unspecified atom stereocenters. The van der Waals surface area contributed by atoms with Crippen molar-refractivity contribution in [2.45, 2.75) is 18.2 Å². The van der Waals surface area contributed by atoms with E-state index in [4.69, 9.17) is 4.74 Å². The van der Waals surface area contributed by atoms with Crippen molar-refractivity contribution in [3.63, 3.8) is 0 Å². The average Bonchev–Trinajstić information content (AvgIpc) is 3.29. The van der Waals surface area contributed by atoms with Gasteiger partial charge in [-0.3, -0.25) is 14.3 Å². The fourth-order valence-electron chi connectivity index (χ4n) is 3.53. The van der Waals surface area contributed by atoms with E-state index in [9.17, 15) is 4.79 Å². The zero-order valence-corrected chi connectivity index (χ0v) is 19.9. The topological polar surface area (TPSA) is 73.1 Å². The summed E-state index contributed by atoms with van der Waals surface area (Å²) in [6.45, 7) is 2.16. The fourth-order valence-corrected chi connectivity index (χ4v) is 4.37. The van der Waals surface area contributed by atoms with E-state index in [1.54, 1.807) is 19.5 Å². The molecule has 2 aromatic heterocycles. The Balaban J connectivity index is 1.52. The number of hydrogen-bond acceptors (Lipinski definition) is 6. The molecule has 0 N–H and O–H groups in total. The summed E-state index contributed by atoms with van der Waals surface area (Å²) in [4.78, 5) is 19.2. The summed E-state index contributed by atoms with van der Waals surface area (Å²) in [5, 5.41) is 9.55. The summed E-state index contributed by atoms with van der Waals surface area (Å²) in [6.07, 6.45) is 3.51. The van der Waals surface area contributed by atoms with E-state index in [0.717, 1.165) is 22.5 Å². The first-order chi connectivity index (χ1) is 16.7. The van der Waals surface area contributed by atoms with Crippen LogP contribution in [0.15, 0.2) is 90.3 Å². The number of ether oxygens (including phenoxy) is 1. The second kappa shape index (κ2) is 12.1. The lowest BCUT2D eigenvalue weighted by Crippen LogP contribution is -2.34. The number of rotatable bonds is 11. The molecule has 0 aliphatic heterocycles. The molecule has 0 fully saturated rings. The standard InChI is InChI=1S/C26H27N5O2S/c1-33-16-15-30(18-21-9-4-2-5-10-21)24(32)20-34-26-29-28-25(23-13-8-14-27-17-23)31(26)19-22-11-6-3-7-12-22/h2-14,17H,15-16,18-20H2,1H3. The molecular weight excluding hydrogens is 446 g/mol. The number of aromatic nitrogens is 4. The molecule has 174 valence electrons. The van der Waals surface area contributed by atoms with Crippen LogP contribution < -0.4 is 0 Å². The van der Waals surface area contributed by atoms with Gasteiger partial charge in [0, 0.05) is 38.2 Å². The normalized spacial score (nSPS) is 10.9. The van der Waals surface area contributed by atoms with Crippen LogP contribution in [0.4, 0.5) is 0 Å². The maximum Gasteiger partial charge on any atom is 0.233 e. The van der Waals surface area contributed by atoms with Crippen LogP contribution in [-0.4, -0.2) is 56.6 Å². The molecule has 0 saturated heterocycles. The van der Waals surface area contributed by atoms with Crippen LogP contribution in [0.2, 0.25) is 0 Å². The molecule has 7 nitrogen and oxygen atoms in total. The summed E-state index contributed by atoms with van der Waals surface area (Å²) < 4.78 is 7.27. The Hall–Kier alpha value is -3.49. The summed E-state index contributed by atoms with van der Waals surface area (Å²) >= 11 is 1.40. The third-order valence-electron chi connectivity index (χ3n) is 5.28. The Morgan fingerprint density at radius 2 is 1.71 bits per heavy atom. The van der Waals surface area contributed by atoms with Crippen molar-refractivity contribution in [3.05, 3.63) is 96.3 Å². The maximum atomic E-state index is 13.2. The molecule has 0 saturated carbocycles. The first-order valence-corrected chi connectivity index (χ1v) is 12.0. The van der Waals surface area contributed by atoms with Crippen LogP contribution in [0.3, 0.4) is 0 Å². The van der Waals surface area contributed by atoms with Gasteiger partial charge in [-0.1, -0.05) is 72.4 Å². The van der Waals surface area contributed by atoms with Crippen LogP contribution in [0.25, 0.3) is 11.4 Å². The largest absolute Gasteiger partial charge is 0.383 e. The zero-order valence-electron chi connectivity index (χ0n) is 19.1. The SMILES string of the molecule is COCCN(Cc1ccccc1)C(=O)CSc1nnc(-c2cccnc2)n1Cc1ccccc1. The van der Waals surface area contributed by atoms with Gasteiger partial charge in [-0.2, -0.15) is 0 Å². The van der Waals surface area contributed by atoms with E-state index in [-0.39, 0.29) is 11.7 Å². The minimum absolute atomic E-state index is 0.0306. The Kier molecular flexibility index (Phi) is 8.43. The minimum atomic E-state index is 0.0306. The maximum absolute atomic E-state index is 13.2. The lowest BCUT2D eigenvalue weighted by atomic mass is 10.2. The van der Waals surface area contributed by atoms with E-state index in [1.165, 1.54) is 11.8 Å². The van der Waals surface area contributed by atoms with Gasteiger partial charge in [0.15, 0.2) is 11.0 Å². The summed E-state index contributed by atoms with van der Waals surface area (Å²) in [7, 11) is 1.64. The van der Waals surface area contributed by atoms with Gasteiger partial charge in [-0.15, -0.1) is 10.2 Å². The lowest BCUT2D eigenvalue weighted by molar-refractivity contribution is -0.129. The number of carbonyl (C=O) groups excluding carboxylic acids is 1. The van der Waals surface area contributed by atoms with Crippen molar-refractivity contribution in [1.82, 2.24) is 24.6 Å². The zero-order chi connectivity index (χ0) is 23.6. The number of carbonyl (C=O) groups is 1. The Morgan fingerprint density at radius 3 is 2.38 bits per heavy atom. The van der Waals surface area contributed by atoms with Gasteiger partial charge in [-0.05, 0) is 23.3 Å². The summed E-state index contributed by atoms with van der Waals surface area (Å²) in [5.74, 6) is 1.02. The van der Waals surface area contributed by atoms with Gasteiger partial charge in [0.25, 0.3) is 0 Å². The van der Waals surface area contributed by atoms with E-state index >= 15 is 0 Å². The smallest absolute Gasteiger partial charge is 0.233 e. The lowest BCUT2D eigenvalue weighted by Gasteiger charge is -2.22. The highest BCUT2D eigenvalue weighted by Crippen LogP contribution is 2.25. The van der Waals surface area contributed by atoms with E-state index in [1.807, 2.05) is 70.1 Å². The Morgan fingerprint density at radius 1 is 0.971 bits per heavy atom. The number of methoxy groups -OCH3 is 1. The van der Waals surface area contributed by atoms with Crippen molar-refractivity contribution < 1.29 is 9.53 Å². The summed E-state index contributed by atoms with van der Waals surface area (Å²) in [5.41, 5.74) is 3.10. The first kappa shape index (κ1) is 23.7. The van der Waals surface area contributed by atoms with Gasteiger partial charge < -0.3 is 9.64 Å². The van der Waals surface area contributed by atoms with Crippen molar-refractivity contribution in [2.24, 2.45) is 0 Å². The first-order valence-electron chi connectivity index (χ1n) is 11.1. The monoisotopic (exact) mass is 473 g/mol. The third-order valence-corrected chi connectivity index (χ3v) is 6.23. The van der Waals surface area contributed by atoms with Crippen LogP contribution >= 0.6 is 11.8 Å². The van der Waals surface area contributed by atoms with Crippen molar-refractivity contribution >= 4 is 17.7 Å². The number of pyridine rings is 1. The molecule has 2 heterocycles. The highest BCUT2D eigenvalue weighted by atomic mass is 32.2. The van der Waals surface area contributed by atoms with Gasteiger partial charge in [0.2, 0.25) is 5.91 Å². The highest BCUT2D eigenvalue weighted by molar-refractivity contribution is 7.99. The summed E-state index contributed by atoms with van der Waals surface area (Å²) in [6, 6.07) is 24.0. The number of amides is 1. The minimum Gasteiger partial charge on any atom is -0.383 e. The quantitative estimate of drug-likeness (QED) is 0.305. The second-order valence-corrected chi connectivity index (χ2v) is 8.64. The number of nitrogens with zero attached hydrogens (tertiary/aromatic N) is 5.